The monoisotopic (exact) mass is 270 g/mol. The summed E-state index contributed by atoms with van der Waals surface area (Å²) >= 11 is 0. The Labute approximate surface area is 120 Å². The maximum absolute atomic E-state index is 12.1. The molecular weight excluding hydrogens is 248 g/mol. The van der Waals surface area contributed by atoms with E-state index in [0.29, 0.717) is 11.5 Å². The van der Waals surface area contributed by atoms with Gasteiger partial charge in [0.05, 0.1) is 6.42 Å². The maximum Gasteiger partial charge on any atom is 0.170 e. The molecule has 0 aromatic heterocycles. The van der Waals surface area contributed by atoms with Crippen LogP contribution < -0.4 is 0 Å². The molecule has 0 atom stereocenters. The van der Waals surface area contributed by atoms with E-state index in [4.69, 9.17) is 0 Å². The van der Waals surface area contributed by atoms with Crippen molar-refractivity contribution in [3.05, 3.63) is 35.4 Å². The molecule has 0 unspecified atom stereocenters. The molecule has 1 aromatic rings. The second kappa shape index (κ2) is 5.90. The van der Waals surface area contributed by atoms with Gasteiger partial charge in [0.15, 0.2) is 5.78 Å². The Morgan fingerprint density at radius 2 is 1.55 bits per heavy atom. The fraction of sp³-hybridized carbons (Fsp3) is 0.556. The summed E-state index contributed by atoms with van der Waals surface area (Å²) in [7, 11) is 0. The van der Waals surface area contributed by atoms with Gasteiger partial charge in [-0.2, -0.15) is 0 Å². The molecule has 2 nitrogen and oxygen atoms in total. The van der Waals surface area contributed by atoms with E-state index in [1.54, 1.807) is 0 Å². The molecule has 20 heavy (non-hydrogen) atoms. The zero-order valence-electron chi connectivity index (χ0n) is 11.9. The van der Waals surface area contributed by atoms with Gasteiger partial charge in [0, 0.05) is 11.5 Å². The second-order valence-corrected chi connectivity index (χ2v) is 6.30. The highest BCUT2D eigenvalue weighted by atomic mass is 16.1. The number of rotatable bonds is 5. The van der Waals surface area contributed by atoms with E-state index in [1.165, 1.54) is 37.7 Å². The molecule has 0 amide bonds. The van der Waals surface area contributed by atoms with Crippen molar-refractivity contribution in [2.24, 2.45) is 5.92 Å². The lowest BCUT2D eigenvalue weighted by Gasteiger charge is -2.22. The minimum Gasteiger partial charge on any atom is -0.299 e. The zero-order chi connectivity index (χ0) is 13.9. The molecule has 2 fully saturated rings. The molecule has 2 heteroatoms. The third kappa shape index (κ3) is 3.17. The lowest BCUT2D eigenvalue weighted by Crippen LogP contribution is -2.10. The molecule has 3 rings (SSSR count). The molecule has 0 heterocycles. The average molecular weight is 270 g/mol. The number of Topliss-reactive ketones (excluding diaryl/α,β-unsaturated/α-hetero) is 2. The van der Waals surface area contributed by atoms with Gasteiger partial charge in [0.25, 0.3) is 0 Å². The molecule has 2 saturated carbocycles. The summed E-state index contributed by atoms with van der Waals surface area (Å²) in [5.74, 6) is 0.963. The highest BCUT2D eigenvalue weighted by Gasteiger charge is 2.30. The van der Waals surface area contributed by atoms with Crippen LogP contribution in [0.5, 0.6) is 0 Å². The first-order valence-corrected chi connectivity index (χ1v) is 7.90. The standard InChI is InChI=1S/C18H22O2/c19-17(12-18(20)16-10-11-16)15-8-6-14(7-9-15)13-4-2-1-3-5-13/h6-9,13,16H,1-5,10-12H2. The van der Waals surface area contributed by atoms with Crippen molar-refractivity contribution in [1.82, 2.24) is 0 Å². The summed E-state index contributed by atoms with van der Waals surface area (Å²) in [6.07, 6.45) is 8.59. The summed E-state index contributed by atoms with van der Waals surface area (Å²) in [5.41, 5.74) is 2.05. The fourth-order valence-corrected chi connectivity index (χ4v) is 3.19. The Balaban J connectivity index is 1.62. The van der Waals surface area contributed by atoms with Crippen molar-refractivity contribution in [3.63, 3.8) is 0 Å². The number of ketones is 2. The topological polar surface area (TPSA) is 34.1 Å². The Morgan fingerprint density at radius 3 is 2.15 bits per heavy atom. The van der Waals surface area contributed by atoms with Crippen LogP contribution in [0.3, 0.4) is 0 Å². The Kier molecular flexibility index (Phi) is 4.00. The third-order valence-corrected chi connectivity index (χ3v) is 4.68. The predicted octanol–water partition coefficient (Wildman–Crippen LogP) is 4.29. The van der Waals surface area contributed by atoms with Crippen LogP contribution in [-0.4, -0.2) is 11.6 Å². The van der Waals surface area contributed by atoms with Crippen LogP contribution in [-0.2, 0) is 4.79 Å². The SMILES string of the molecule is O=C(CC(=O)C1CC1)c1ccc(C2CCCCC2)cc1. The molecule has 0 aliphatic heterocycles. The summed E-state index contributed by atoms with van der Waals surface area (Å²) in [6.45, 7) is 0. The van der Waals surface area contributed by atoms with Crippen LogP contribution >= 0.6 is 0 Å². The number of benzene rings is 1. The lowest BCUT2D eigenvalue weighted by molar-refractivity contribution is -0.119. The summed E-state index contributed by atoms with van der Waals surface area (Å²) < 4.78 is 0. The first-order chi connectivity index (χ1) is 9.74. The molecule has 0 radical (unpaired) electrons. The fourth-order valence-electron chi connectivity index (χ4n) is 3.19. The van der Waals surface area contributed by atoms with E-state index in [0.717, 1.165) is 12.8 Å². The van der Waals surface area contributed by atoms with Gasteiger partial charge in [-0.25, -0.2) is 0 Å². The van der Waals surface area contributed by atoms with Gasteiger partial charge in [-0.3, -0.25) is 9.59 Å². The van der Waals surface area contributed by atoms with Crippen LogP contribution in [0.4, 0.5) is 0 Å². The van der Waals surface area contributed by atoms with E-state index in [2.05, 4.69) is 12.1 Å². The third-order valence-electron chi connectivity index (χ3n) is 4.68. The van der Waals surface area contributed by atoms with E-state index in [-0.39, 0.29) is 23.9 Å². The Hall–Kier alpha value is -1.44. The largest absolute Gasteiger partial charge is 0.299 e. The quantitative estimate of drug-likeness (QED) is 0.591. The number of hydrogen-bond acceptors (Lipinski definition) is 2. The highest BCUT2D eigenvalue weighted by molar-refractivity contribution is 6.09. The molecular formula is C18H22O2. The number of carbonyl (C=O) groups is 2. The molecule has 1 aromatic carbocycles. The first-order valence-electron chi connectivity index (χ1n) is 7.90. The van der Waals surface area contributed by atoms with Crippen molar-refractivity contribution in [1.29, 1.82) is 0 Å². The number of hydrogen-bond donors (Lipinski definition) is 0. The van der Waals surface area contributed by atoms with Crippen LogP contribution in [0.2, 0.25) is 0 Å². The van der Waals surface area contributed by atoms with Crippen molar-refractivity contribution < 1.29 is 9.59 Å². The molecule has 2 aliphatic carbocycles. The van der Waals surface area contributed by atoms with Gasteiger partial charge < -0.3 is 0 Å². The summed E-state index contributed by atoms with van der Waals surface area (Å²) in [6, 6.07) is 7.99. The van der Waals surface area contributed by atoms with E-state index < -0.39 is 0 Å². The lowest BCUT2D eigenvalue weighted by atomic mass is 9.84. The predicted molar refractivity (Wildman–Crippen MR) is 78.9 cm³/mol. The normalized spacial score (nSPS) is 19.8. The second-order valence-electron chi connectivity index (χ2n) is 6.30. The van der Waals surface area contributed by atoms with E-state index >= 15 is 0 Å². The van der Waals surface area contributed by atoms with Crippen LogP contribution in [0.25, 0.3) is 0 Å². The van der Waals surface area contributed by atoms with Crippen LogP contribution in [0.1, 0.15) is 73.2 Å². The Bertz CT molecular complexity index is 491. The smallest absolute Gasteiger partial charge is 0.170 e. The first kappa shape index (κ1) is 13.5. The van der Waals surface area contributed by atoms with Crippen molar-refractivity contribution in [3.8, 4) is 0 Å². The highest BCUT2D eigenvalue weighted by Crippen LogP contribution is 2.33. The zero-order valence-corrected chi connectivity index (χ0v) is 11.9. The van der Waals surface area contributed by atoms with Gasteiger partial charge in [-0.05, 0) is 37.2 Å². The molecule has 0 spiro atoms. The summed E-state index contributed by atoms with van der Waals surface area (Å²) in [5, 5.41) is 0. The molecule has 0 saturated heterocycles. The van der Waals surface area contributed by atoms with E-state index in [9.17, 15) is 9.59 Å². The van der Waals surface area contributed by atoms with Gasteiger partial charge >= 0.3 is 0 Å². The van der Waals surface area contributed by atoms with E-state index in [1.807, 2.05) is 12.1 Å². The molecule has 0 bridgehead atoms. The van der Waals surface area contributed by atoms with Crippen LogP contribution in [0, 0.1) is 5.92 Å². The van der Waals surface area contributed by atoms with Crippen molar-refractivity contribution in [2.45, 2.75) is 57.3 Å². The molecule has 0 N–H and O–H groups in total. The summed E-state index contributed by atoms with van der Waals surface area (Å²) in [4.78, 5) is 23.7. The van der Waals surface area contributed by atoms with Crippen molar-refractivity contribution in [2.75, 3.05) is 0 Å². The van der Waals surface area contributed by atoms with Gasteiger partial charge in [-0.15, -0.1) is 0 Å². The molecule has 2 aliphatic rings. The average Bonchev–Trinajstić information content (AvgIpc) is 3.33. The van der Waals surface area contributed by atoms with Crippen LogP contribution in [0.15, 0.2) is 24.3 Å². The van der Waals surface area contributed by atoms with Crippen molar-refractivity contribution >= 4 is 11.6 Å². The minimum absolute atomic E-state index is 0.0166. The Morgan fingerprint density at radius 1 is 0.900 bits per heavy atom. The maximum atomic E-state index is 12.1. The molecule has 106 valence electrons. The van der Waals surface area contributed by atoms with Gasteiger partial charge in [0.1, 0.15) is 5.78 Å². The minimum atomic E-state index is -0.0166. The van der Waals surface area contributed by atoms with Gasteiger partial charge in [0.2, 0.25) is 0 Å². The van der Waals surface area contributed by atoms with Gasteiger partial charge in [-0.1, -0.05) is 43.5 Å². The number of carbonyl (C=O) groups excluding carboxylic acids is 2.